The van der Waals surface area contributed by atoms with E-state index in [-0.39, 0.29) is 11.5 Å². The van der Waals surface area contributed by atoms with E-state index in [0.717, 1.165) is 41.9 Å². The molecule has 5 heteroatoms. The number of rotatable bonds is 5. The molecule has 1 amide bonds. The van der Waals surface area contributed by atoms with E-state index < -0.39 is 0 Å². The molecule has 2 heterocycles. The minimum Gasteiger partial charge on any atom is -0.373 e. The Bertz CT molecular complexity index is 894. The highest BCUT2D eigenvalue weighted by Crippen LogP contribution is 2.26. The maximum Gasteiger partial charge on any atom is 0.251 e. The predicted octanol–water partition coefficient (Wildman–Crippen LogP) is 4.31. The molecule has 5 nitrogen and oxygen atoms in total. The summed E-state index contributed by atoms with van der Waals surface area (Å²) in [6.45, 7) is 3.36. The van der Waals surface area contributed by atoms with E-state index >= 15 is 0 Å². The first-order chi connectivity index (χ1) is 13.1. The second-order valence-electron chi connectivity index (χ2n) is 7.12. The lowest BCUT2D eigenvalue weighted by atomic mass is 10.0. The first kappa shape index (κ1) is 17.5. The Morgan fingerprint density at radius 3 is 2.30 bits per heavy atom. The van der Waals surface area contributed by atoms with E-state index in [2.05, 4.69) is 10.5 Å². The summed E-state index contributed by atoms with van der Waals surface area (Å²) >= 11 is 0. The molecule has 1 atom stereocenters. The van der Waals surface area contributed by atoms with Crippen LogP contribution in [0, 0.1) is 0 Å². The van der Waals surface area contributed by atoms with Gasteiger partial charge >= 0.3 is 0 Å². The van der Waals surface area contributed by atoms with Gasteiger partial charge < -0.3 is 14.6 Å². The number of carbonyl (C=O) groups is 1. The lowest BCUT2D eigenvalue weighted by Gasteiger charge is -2.23. The van der Waals surface area contributed by atoms with Gasteiger partial charge in [0.25, 0.3) is 5.91 Å². The second-order valence-corrected chi connectivity index (χ2v) is 7.12. The first-order valence-electron chi connectivity index (χ1n) is 9.17. The number of ether oxygens (including phenoxy) is 1. The Morgan fingerprint density at radius 2 is 1.70 bits per heavy atom. The van der Waals surface area contributed by atoms with Gasteiger partial charge in [0.1, 0.15) is 0 Å². The first-order valence-corrected chi connectivity index (χ1v) is 9.17. The van der Waals surface area contributed by atoms with E-state index in [0.29, 0.717) is 12.1 Å². The molecule has 0 spiro atoms. The Morgan fingerprint density at radius 1 is 1.04 bits per heavy atom. The summed E-state index contributed by atoms with van der Waals surface area (Å²) in [5, 5.41) is 6.71. The molecule has 2 aromatic carbocycles. The molecule has 0 bridgehead atoms. The SMILES string of the molecule is CC1(CNC(=O)c2ccc(-c3ccc(-c4ccno4)cc3)cc2)CCCO1. The van der Waals surface area contributed by atoms with Gasteiger partial charge in [-0.15, -0.1) is 0 Å². The average molecular weight is 362 g/mol. The van der Waals surface area contributed by atoms with E-state index in [9.17, 15) is 4.79 Å². The summed E-state index contributed by atoms with van der Waals surface area (Å²) < 4.78 is 10.9. The van der Waals surface area contributed by atoms with Gasteiger partial charge in [0.2, 0.25) is 0 Å². The third-order valence-electron chi connectivity index (χ3n) is 5.01. The molecular formula is C22H22N2O3. The van der Waals surface area contributed by atoms with Gasteiger partial charge in [-0.05, 0) is 43.0 Å². The number of amides is 1. The molecule has 1 aliphatic rings. The van der Waals surface area contributed by atoms with Gasteiger partial charge in [0.15, 0.2) is 5.76 Å². The van der Waals surface area contributed by atoms with Gasteiger partial charge in [-0.1, -0.05) is 41.6 Å². The average Bonchev–Trinajstić information content (AvgIpc) is 3.39. The summed E-state index contributed by atoms with van der Waals surface area (Å²) in [6.07, 6.45) is 3.67. The van der Waals surface area contributed by atoms with E-state index in [1.165, 1.54) is 0 Å². The van der Waals surface area contributed by atoms with Gasteiger partial charge in [-0.2, -0.15) is 0 Å². The summed E-state index contributed by atoms with van der Waals surface area (Å²) in [4.78, 5) is 12.4. The molecule has 0 saturated carbocycles. The van der Waals surface area contributed by atoms with Crippen molar-refractivity contribution in [2.24, 2.45) is 0 Å². The molecule has 138 valence electrons. The zero-order valence-electron chi connectivity index (χ0n) is 15.3. The summed E-state index contributed by atoms with van der Waals surface area (Å²) in [6, 6.07) is 17.5. The Hall–Kier alpha value is -2.92. The molecule has 0 radical (unpaired) electrons. The van der Waals surface area contributed by atoms with Crippen LogP contribution in [0.1, 0.15) is 30.1 Å². The van der Waals surface area contributed by atoms with E-state index in [1.54, 1.807) is 6.20 Å². The van der Waals surface area contributed by atoms with Crippen LogP contribution in [0.25, 0.3) is 22.5 Å². The van der Waals surface area contributed by atoms with Crippen molar-refractivity contribution in [1.29, 1.82) is 0 Å². The molecule has 4 rings (SSSR count). The predicted molar refractivity (Wildman–Crippen MR) is 103 cm³/mol. The third kappa shape index (κ3) is 3.93. The monoisotopic (exact) mass is 362 g/mol. The van der Waals surface area contributed by atoms with Crippen LogP contribution in [0.2, 0.25) is 0 Å². The number of nitrogens with zero attached hydrogens (tertiary/aromatic N) is 1. The maximum absolute atomic E-state index is 12.4. The fourth-order valence-electron chi connectivity index (χ4n) is 3.35. The zero-order valence-corrected chi connectivity index (χ0v) is 15.3. The van der Waals surface area contributed by atoms with Crippen molar-refractivity contribution >= 4 is 5.91 Å². The molecule has 3 aromatic rings. The van der Waals surface area contributed by atoms with Crippen molar-refractivity contribution in [3.63, 3.8) is 0 Å². The smallest absolute Gasteiger partial charge is 0.251 e. The number of nitrogens with one attached hydrogen (secondary N) is 1. The molecule has 27 heavy (non-hydrogen) atoms. The number of hydrogen-bond donors (Lipinski definition) is 1. The molecule has 1 N–H and O–H groups in total. The van der Waals surface area contributed by atoms with Gasteiger partial charge in [-0.25, -0.2) is 0 Å². The fraction of sp³-hybridized carbons (Fsp3) is 0.273. The number of benzene rings is 2. The highest BCUT2D eigenvalue weighted by atomic mass is 16.5. The topological polar surface area (TPSA) is 64.4 Å². The largest absolute Gasteiger partial charge is 0.373 e. The van der Waals surface area contributed by atoms with Crippen molar-refractivity contribution in [3.8, 4) is 22.5 Å². The van der Waals surface area contributed by atoms with Crippen LogP contribution in [-0.4, -0.2) is 29.8 Å². The highest BCUT2D eigenvalue weighted by Gasteiger charge is 2.30. The Kier molecular flexibility index (Phi) is 4.77. The van der Waals surface area contributed by atoms with Crippen LogP contribution in [0.15, 0.2) is 65.3 Å². The van der Waals surface area contributed by atoms with Crippen molar-refractivity contribution in [1.82, 2.24) is 10.5 Å². The second kappa shape index (κ2) is 7.37. The van der Waals surface area contributed by atoms with E-state index in [4.69, 9.17) is 9.26 Å². The summed E-state index contributed by atoms with van der Waals surface area (Å²) in [5.74, 6) is 0.674. The van der Waals surface area contributed by atoms with Crippen molar-refractivity contribution in [3.05, 3.63) is 66.4 Å². The molecular weight excluding hydrogens is 340 g/mol. The Balaban J connectivity index is 1.41. The summed E-state index contributed by atoms with van der Waals surface area (Å²) in [5.41, 5.74) is 3.54. The van der Waals surface area contributed by atoms with Crippen molar-refractivity contribution in [2.75, 3.05) is 13.2 Å². The van der Waals surface area contributed by atoms with Crippen LogP contribution < -0.4 is 5.32 Å². The van der Waals surface area contributed by atoms with Gasteiger partial charge in [0, 0.05) is 30.3 Å². The van der Waals surface area contributed by atoms with Crippen LogP contribution >= 0.6 is 0 Å². The molecule has 0 aliphatic carbocycles. The van der Waals surface area contributed by atoms with Crippen LogP contribution in [0.4, 0.5) is 0 Å². The summed E-state index contributed by atoms with van der Waals surface area (Å²) in [7, 11) is 0. The fourth-order valence-corrected chi connectivity index (χ4v) is 3.35. The van der Waals surface area contributed by atoms with E-state index in [1.807, 2.05) is 61.5 Å². The molecule has 1 aromatic heterocycles. The lowest BCUT2D eigenvalue weighted by Crippen LogP contribution is -2.40. The normalized spacial score (nSPS) is 19.1. The minimum atomic E-state index is -0.235. The van der Waals surface area contributed by atoms with Crippen molar-refractivity contribution in [2.45, 2.75) is 25.4 Å². The highest BCUT2D eigenvalue weighted by molar-refractivity contribution is 5.94. The van der Waals surface area contributed by atoms with Crippen LogP contribution in [0.5, 0.6) is 0 Å². The zero-order chi connectivity index (χ0) is 18.7. The Labute approximate surface area is 158 Å². The van der Waals surface area contributed by atoms with Crippen molar-refractivity contribution < 1.29 is 14.1 Å². The molecule has 1 fully saturated rings. The molecule has 1 unspecified atom stereocenters. The molecule has 1 aliphatic heterocycles. The lowest BCUT2D eigenvalue weighted by molar-refractivity contribution is 0.0206. The molecule has 1 saturated heterocycles. The quantitative estimate of drug-likeness (QED) is 0.735. The standard InChI is InChI=1S/C22H22N2O3/c1-22(12-2-14-26-22)15-23-21(25)19-9-5-17(6-10-19)16-3-7-18(8-4-16)20-11-13-24-27-20/h3-11,13H,2,12,14-15H2,1H3,(H,23,25). The number of hydrogen-bond acceptors (Lipinski definition) is 4. The number of carbonyl (C=O) groups excluding carboxylic acids is 1. The minimum absolute atomic E-state index is 0.0704. The van der Waals surface area contributed by atoms with Crippen LogP contribution in [0.3, 0.4) is 0 Å². The van der Waals surface area contributed by atoms with Gasteiger partial charge in [-0.3, -0.25) is 4.79 Å². The van der Waals surface area contributed by atoms with Crippen LogP contribution in [-0.2, 0) is 4.74 Å². The van der Waals surface area contributed by atoms with Gasteiger partial charge in [0.05, 0.1) is 11.8 Å². The number of aromatic nitrogens is 1. The maximum atomic E-state index is 12.4. The third-order valence-corrected chi connectivity index (χ3v) is 5.01.